The lowest BCUT2D eigenvalue weighted by molar-refractivity contribution is 0.0349. The summed E-state index contributed by atoms with van der Waals surface area (Å²) in [4.78, 5) is 16.5. The van der Waals surface area contributed by atoms with Crippen LogP contribution in [0.4, 0.5) is 14.5 Å². The van der Waals surface area contributed by atoms with Gasteiger partial charge in [-0.3, -0.25) is 4.79 Å². The molecule has 35 heavy (non-hydrogen) atoms. The van der Waals surface area contributed by atoms with Crippen molar-refractivity contribution in [3.63, 3.8) is 0 Å². The van der Waals surface area contributed by atoms with Gasteiger partial charge >= 0.3 is 0 Å². The molecule has 1 fully saturated rings. The third-order valence-corrected chi connectivity index (χ3v) is 5.85. The first-order valence-corrected chi connectivity index (χ1v) is 11.5. The summed E-state index contributed by atoms with van der Waals surface area (Å²) in [6.07, 6.45) is 1.83. The summed E-state index contributed by atoms with van der Waals surface area (Å²) in [6.45, 7) is 4.52. The van der Waals surface area contributed by atoms with Crippen LogP contribution in [-0.4, -0.2) is 73.9 Å². The molecule has 0 aromatic heterocycles. The second kappa shape index (κ2) is 10.9. The second-order valence-corrected chi connectivity index (χ2v) is 8.42. The molecule has 4 rings (SSSR count). The van der Waals surface area contributed by atoms with E-state index in [1.54, 1.807) is 26.1 Å². The Morgan fingerprint density at radius 2 is 1.89 bits per heavy atom. The number of nitrogens with zero attached hydrogens (tertiary/aromatic N) is 2. The van der Waals surface area contributed by atoms with Crippen molar-refractivity contribution < 1.29 is 32.9 Å². The quantitative estimate of drug-likeness (QED) is 0.618. The summed E-state index contributed by atoms with van der Waals surface area (Å²) in [5, 5.41) is 12.3. The van der Waals surface area contributed by atoms with Crippen molar-refractivity contribution in [3.8, 4) is 11.5 Å². The molecule has 10 heteroatoms. The molecule has 2 aromatic rings. The van der Waals surface area contributed by atoms with Crippen LogP contribution in [0.25, 0.3) is 0 Å². The number of ether oxygens (including phenoxy) is 3. The van der Waals surface area contributed by atoms with Gasteiger partial charge in [-0.15, -0.1) is 0 Å². The maximum absolute atomic E-state index is 13.8. The SMILES string of the molecule is CC(Nc1cc(F)cc(F)c1)c1cc(C(=O)N(C)CCO)cc2c1OC(N1CCOCC1)=CCO2. The van der Waals surface area contributed by atoms with E-state index in [9.17, 15) is 18.7 Å². The molecule has 0 bridgehead atoms. The Hall–Kier alpha value is -3.37. The van der Waals surface area contributed by atoms with Crippen LogP contribution < -0.4 is 14.8 Å². The van der Waals surface area contributed by atoms with Crippen molar-refractivity contribution in [2.24, 2.45) is 0 Å². The molecule has 2 aliphatic rings. The van der Waals surface area contributed by atoms with Crippen molar-refractivity contribution in [1.82, 2.24) is 9.80 Å². The Balaban J connectivity index is 1.72. The minimum Gasteiger partial charge on any atom is -0.485 e. The van der Waals surface area contributed by atoms with Crippen LogP contribution in [0.15, 0.2) is 42.3 Å². The molecule has 0 saturated carbocycles. The number of morpholine rings is 1. The van der Waals surface area contributed by atoms with Crippen LogP contribution in [0.2, 0.25) is 0 Å². The average Bonchev–Trinajstić information content (AvgIpc) is 3.05. The predicted molar refractivity (Wildman–Crippen MR) is 125 cm³/mol. The average molecular weight is 490 g/mol. The first-order chi connectivity index (χ1) is 16.9. The number of benzene rings is 2. The molecule has 2 heterocycles. The molecular formula is C25H29F2N3O5. The van der Waals surface area contributed by atoms with E-state index in [1.807, 2.05) is 6.08 Å². The Morgan fingerprint density at radius 1 is 1.17 bits per heavy atom. The fourth-order valence-corrected chi connectivity index (χ4v) is 4.05. The summed E-state index contributed by atoms with van der Waals surface area (Å²) < 4.78 is 45.3. The number of nitrogens with one attached hydrogen (secondary N) is 1. The summed E-state index contributed by atoms with van der Waals surface area (Å²) in [5.41, 5.74) is 1.16. The van der Waals surface area contributed by atoms with Gasteiger partial charge in [0.25, 0.3) is 5.91 Å². The van der Waals surface area contributed by atoms with Crippen molar-refractivity contribution in [2.45, 2.75) is 13.0 Å². The molecule has 1 atom stereocenters. The molecule has 0 radical (unpaired) electrons. The molecule has 0 spiro atoms. The zero-order valence-electron chi connectivity index (χ0n) is 19.7. The standard InChI is InChI=1S/C25H29F2N3O5/c1-16(28-20-14-18(26)13-19(27)15-20)21-11-17(25(32)29(2)4-7-31)12-22-24(21)35-23(3-8-34-22)30-5-9-33-10-6-30/h3,11-16,28,31H,4-10H2,1-2H3. The van der Waals surface area contributed by atoms with Crippen LogP contribution in [-0.2, 0) is 4.74 Å². The van der Waals surface area contributed by atoms with E-state index in [4.69, 9.17) is 14.2 Å². The molecule has 1 saturated heterocycles. The van der Waals surface area contributed by atoms with Crippen molar-refractivity contribution in [1.29, 1.82) is 0 Å². The van der Waals surface area contributed by atoms with Crippen molar-refractivity contribution in [3.05, 3.63) is 65.1 Å². The molecule has 1 amide bonds. The highest BCUT2D eigenvalue weighted by molar-refractivity contribution is 5.95. The number of rotatable bonds is 7. The summed E-state index contributed by atoms with van der Waals surface area (Å²) >= 11 is 0. The lowest BCUT2D eigenvalue weighted by Crippen LogP contribution is -2.37. The number of anilines is 1. The van der Waals surface area contributed by atoms with E-state index in [2.05, 4.69) is 10.2 Å². The van der Waals surface area contributed by atoms with Gasteiger partial charge in [0.1, 0.15) is 18.2 Å². The lowest BCUT2D eigenvalue weighted by Gasteiger charge is -2.30. The molecule has 188 valence electrons. The maximum Gasteiger partial charge on any atom is 0.253 e. The largest absolute Gasteiger partial charge is 0.485 e. The molecule has 1 unspecified atom stereocenters. The third kappa shape index (κ3) is 5.83. The van der Waals surface area contributed by atoms with Crippen molar-refractivity contribution >= 4 is 11.6 Å². The molecule has 2 aromatic carbocycles. The smallest absolute Gasteiger partial charge is 0.253 e. The van der Waals surface area contributed by atoms with Crippen LogP contribution >= 0.6 is 0 Å². The monoisotopic (exact) mass is 489 g/mol. The molecule has 0 aliphatic carbocycles. The number of hydrogen-bond acceptors (Lipinski definition) is 7. The number of carbonyl (C=O) groups is 1. The van der Waals surface area contributed by atoms with Gasteiger partial charge in [-0.2, -0.15) is 0 Å². The first kappa shape index (κ1) is 24.7. The number of likely N-dealkylation sites (N-methyl/N-ethyl adjacent to an activating group) is 1. The maximum atomic E-state index is 13.8. The summed E-state index contributed by atoms with van der Waals surface area (Å²) in [5.74, 6) is -0.300. The molecular weight excluding hydrogens is 460 g/mol. The Kier molecular flexibility index (Phi) is 7.72. The Bertz CT molecular complexity index is 1080. The van der Waals surface area contributed by atoms with Crippen LogP contribution in [0, 0.1) is 11.6 Å². The molecule has 8 nitrogen and oxygen atoms in total. The number of amides is 1. The van der Waals surface area contributed by atoms with E-state index >= 15 is 0 Å². The van der Waals surface area contributed by atoms with Gasteiger partial charge in [0.15, 0.2) is 17.4 Å². The number of aliphatic hydroxyl groups is 1. The Labute approximate surface area is 202 Å². The van der Waals surface area contributed by atoms with Crippen LogP contribution in [0.1, 0.15) is 28.9 Å². The summed E-state index contributed by atoms with van der Waals surface area (Å²) in [6, 6.07) is 5.97. The highest BCUT2D eigenvalue weighted by atomic mass is 19.1. The fourth-order valence-electron chi connectivity index (χ4n) is 4.05. The van der Waals surface area contributed by atoms with E-state index in [1.165, 1.54) is 17.0 Å². The minimum absolute atomic E-state index is 0.168. The molecule has 2 N–H and O–H groups in total. The summed E-state index contributed by atoms with van der Waals surface area (Å²) in [7, 11) is 1.59. The highest BCUT2D eigenvalue weighted by Gasteiger charge is 2.27. The van der Waals surface area contributed by atoms with Crippen LogP contribution in [0.3, 0.4) is 0 Å². The van der Waals surface area contributed by atoms with Gasteiger partial charge in [-0.25, -0.2) is 8.78 Å². The number of fused-ring (bicyclic) bond motifs is 1. The van der Waals surface area contributed by atoms with E-state index in [0.29, 0.717) is 54.8 Å². The van der Waals surface area contributed by atoms with Gasteiger partial charge in [-0.1, -0.05) is 0 Å². The third-order valence-electron chi connectivity index (χ3n) is 5.85. The molecule has 2 aliphatic heterocycles. The van der Waals surface area contributed by atoms with Gasteiger partial charge in [0.2, 0.25) is 0 Å². The topological polar surface area (TPSA) is 83.5 Å². The van der Waals surface area contributed by atoms with E-state index in [0.717, 1.165) is 6.07 Å². The van der Waals surface area contributed by atoms with E-state index in [-0.39, 0.29) is 31.4 Å². The van der Waals surface area contributed by atoms with Crippen molar-refractivity contribution in [2.75, 3.05) is 58.4 Å². The zero-order chi connectivity index (χ0) is 24.9. The van der Waals surface area contributed by atoms with Gasteiger partial charge in [0.05, 0.1) is 25.9 Å². The lowest BCUT2D eigenvalue weighted by atomic mass is 10.0. The Morgan fingerprint density at radius 3 is 2.57 bits per heavy atom. The number of hydrogen-bond donors (Lipinski definition) is 2. The van der Waals surface area contributed by atoms with Gasteiger partial charge in [0, 0.05) is 55.6 Å². The predicted octanol–water partition coefficient (Wildman–Crippen LogP) is 3.15. The van der Waals surface area contributed by atoms with E-state index < -0.39 is 17.7 Å². The fraction of sp³-hybridized carbons (Fsp3) is 0.400. The second-order valence-electron chi connectivity index (χ2n) is 8.42. The number of aliphatic hydroxyl groups excluding tert-OH is 1. The zero-order valence-corrected chi connectivity index (χ0v) is 19.7. The first-order valence-electron chi connectivity index (χ1n) is 11.5. The normalized spacial score (nSPS) is 16.3. The van der Waals surface area contributed by atoms with Gasteiger partial charge in [-0.05, 0) is 31.2 Å². The minimum atomic E-state index is -0.704. The number of carbonyl (C=O) groups excluding carboxylic acids is 1. The van der Waals surface area contributed by atoms with Crippen LogP contribution in [0.5, 0.6) is 11.5 Å². The highest BCUT2D eigenvalue weighted by Crippen LogP contribution is 2.41. The van der Waals surface area contributed by atoms with Gasteiger partial charge < -0.3 is 34.4 Å². The number of halogens is 2.